The van der Waals surface area contributed by atoms with Crippen molar-refractivity contribution in [1.29, 1.82) is 0 Å². The maximum Gasteiger partial charge on any atom is 0.268 e. The third-order valence-electron chi connectivity index (χ3n) is 6.56. The lowest BCUT2D eigenvalue weighted by atomic mass is 9.87. The molecule has 2 aromatic rings. The lowest BCUT2D eigenvalue weighted by molar-refractivity contribution is -0.242. The van der Waals surface area contributed by atoms with Gasteiger partial charge in [-0.05, 0) is 54.5 Å². The van der Waals surface area contributed by atoms with Crippen LogP contribution in [0.4, 0.5) is 5.69 Å². The molecule has 2 aliphatic heterocycles. The maximum atomic E-state index is 11.5. The van der Waals surface area contributed by atoms with Crippen molar-refractivity contribution in [2.75, 3.05) is 18.0 Å². The van der Waals surface area contributed by atoms with Gasteiger partial charge in [0.15, 0.2) is 5.60 Å². The molecule has 27 heavy (non-hydrogen) atoms. The molecular weight excluding hydrogens is 338 g/mol. The van der Waals surface area contributed by atoms with Gasteiger partial charge in [0.2, 0.25) is 0 Å². The van der Waals surface area contributed by atoms with Crippen molar-refractivity contribution in [2.45, 2.75) is 56.8 Å². The van der Waals surface area contributed by atoms with Crippen LogP contribution in [0.1, 0.15) is 61.3 Å². The van der Waals surface area contributed by atoms with Gasteiger partial charge in [0.05, 0.1) is 0 Å². The van der Waals surface area contributed by atoms with E-state index >= 15 is 0 Å². The zero-order valence-corrected chi connectivity index (χ0v) is 16.0. The van der Waals surface area contributed by atoms with Gasteiger partial charge in [0.25, 0.3) is 5.79 Å². The number of aliphatic hydroxyl groups is 2. The fraction of sp³-hybridized carbons (Fsp3) is 0.478. The Morgan fingerprint density at radius 3 is 2.44 bits per heavy atom. The van der Waals surface area contributed by atoms with Gasteiger partial charge in [-0.25, -0.2) is 0 Å². The molecule has 4 nitrogen and oxygen atoms in total. The van der Waals surface area contributed by atoms with Crippen LogP contribution in [0, 0.1) is 0 Å². The van der Waals surface area contributed by atoms with E-state index in [9.17, 15) is 10.2 Å². The quantitative estimate of drug-likeness (QED) is 0.850. The molecule has 0 bridgehead atoms. The molecule has 1 saturated heterocycles. The highest BCUT2D eigenvalue weighted by molar-refractivity contribution is 5.60. The van der Waals surface area contributed by atoms with Crippen LogP contribution in [0.5, 0.6) is 5.75 Å². The topological polar surface area (TPSA) is 52.9 Å². The lowest BCUT2D eigenvalue weighted by Gasteiger charge is -2.31. The van der Waals surface area contributed by atoms with Crippen molar-refractivity contribution in [2.24, 2.45) is 0 Å². The second-order valence-electron chi connectivity index (χ2n) is 8.58. The molecular formula is C23H27NO3. The molecule has 2 atom stereocenters. The third kappa shape index (κ3) is 2.29. The number of hydrogen-bond donors (Lipinski definition) is 2. The predicted octanol–water partition coefficient (Wildman–Crippen LogP) is 3.78. The minimum Gasteiger partial charge on any atom is -0.454 e. The summed E-state index contributed by atoms with van der Waals surface area (Å²) in [4.78, 5) is 2.40. The molecule has 2 aromatic carbocycles. The van der Waals surface area contributed by atoms with Gasteiger partial charge in [-0.1, -0.05) is 32.0 Å². The van der Waals surface area contributed by atoms with E-state index in [4.69, 9.17) is 4.74 Å². The minimum atomic E-state index is -1.71. The fourth-order valence-electron chi connectivity index (χ4n) is 4.92. The molecule has 1 fully saturated rings. The van der Waals surface area contributed by atoms with Crippen LogP contribution in [-0.2, 0) is 17.8 Å². The summed E-state index contributed by atoms with van der Waals surface area (Å²) >= 11 is 0. The third-order valence-corrected chi connectivity index (χ3v) is 6.56. The molecule has 0 saturated carbocycles. The Hall–Kier alpha value is -2.04. The van der Waals surface area contributed by atoms with Crippen LogP contribution in [0.15, 0.2) is 36.4 Å². The van der Waals surface area contributed by atoms with Crippen molar-refractivity contribution in [3.05, 3.63) is 58.7 Å². The van der Waals surface area contributed by atoms with Crippen LogP contribution in [0.2, 0.25) is 0 Å². The lowest BCUT2D eigenvalue weighted by Crippen LogP contribution is -2.45. The highest BCUT2D eigenvalue weighted by Gasteiger charge is 2.65. The minimum absolute atomic E-state index is 0.364. The van der Waals surface area contributed by atoms with E-state index in [-0.39, 0.29) is 0 Å². The number of rotatable bonds is 2. The van der Waals surface area contributed by atoms with Crippen molar-refractivity contribution < 1.29 is 14.9 Å². The summed E-state index contributed by atoms with van der Waals surface area (Å²) in [6, 6.07) is 12.0. The summed E-state index contributed by atoms with van der Waals surface area (Å²) in [5.41, 5.74) is 3.23. The summed E-state index contributed by atoms with van der Waals surface area (Å²) in [5, 5.41) is 22.9. The van der Waals surface area contributed by atoms with Crippen molar-refractivity contribution in [1.82, 2.24) is 0 Å². The molecule has 0 aromatic heterocycles. The number of hydrogen-bond acceptors (Lipinski definition) is 4. The first-order valence-corrected chi connectivity index (χ1v) is 10.1. The van der Waals surface area contributed by atoms with Gasteiger partial charge in [0.1, 0.15) is 5.75 Å². The Balaban J connectivity index is 1.54. The molecule has 142 valence electrons. The Morgan fingerprint density at radius 2 is 1.70 bits per heavy atom. The molecule has 2 heterocycles. The van der Waals surface area contributed by atoms with E-state index in [1.54, 1.807) is 0 Å². The molecule has 2 unspecified atom stereocenters. The van der Waals surface area contributed by atoms with E-state index in [1.165, 1.54) is 24.9 Å². The molecule has 1 aliphatic carbocycles. The zero-order chi connectivity index (χ0) is 18.8. The molecule has 4 heteroatoms. The summed E-state index contributed by atoms with van der Waals surface area (Å²) in [5.74, 6) is -0.749. The van der Waals surface area contributed by atoms with Crippen molar-refractivity contribution in [3.8, 4) is 5.75 Å². The second kappa shape index (κ2) is 5.73. The van der Waals surface area contributed by atoms with Gasteiger partial charge in [-0.15, -0.1) is 0 Å². The zero-order valence-electron chi connectivity index (χ0n) is 16.0. The summed E-state index contributed by atoms with van der Waals surface area (Å²) in [7, 11) is 0. The van der Waals surface area contributed by atoms with Crippen LogP contribution < -0.4 is 9.64 Å². The molecule has 5 rings (SSSR count). The number of piperidine rings is 1. The Kier molecular flexibility index (Phi) is 3.62. The molecule has 0 amide bonds. The Morgan fingerprint density at radius 1 is 0.963 bits per heavy atom. The number of ether oxygens (including phenoxy) is 1. The molecule has 0 spiro atoms. The van der Waals surface area contributed by atoms with Crippen molar-refractivity contribution >= 4 is 5.69 Å². The average molecular weight is 365 g/mol. The highest BCUT2D eigenvalue weighted by atomic mass is 16.7. The van der Waals surface area contributed by atoms with E-state index in [0.29, 0.717) is 29.2 Å². The molecule has 0 radical (unpaired) electrons. The van der Waals surface area contributed by atoms with Crippen molar-refractivity contribution in [3.63, 3.8) is 0 Å². The largest absolute Gasteiger partial charge is 0.454 e. The van der Waals surface area contributed by atoms with Crippen LogP contribution in [0.25, 0.3) is 0 Å². The van der Waals surface area contributed by atoms with Crippen LogP contribution >= 0.6 is 0 Å². The number of benzene rings is 2. The molecule has 3 aliphatic rings. The predicted molar refractivity (Wildman–Crippen MR) is 105 cm³/mol. The standard InChI is InChI=1S/C23H27NO3/c1-15(2)16-6-8-20-21(13-16)27-23(26)19-9-7-18(24-10-4-3-5-11-24)12-17(19)14-22(20,23)25/h6-9,12-13,15,25-26H,3-5,10-11,14H2,1-2H3. The molecule has 2 N–H and O–H groups in total. The normalized spacial score (nSPS) is 28.7. The van der Waals surface area contributed by atoms with Gasteiger partial charge < -0.3 is 19.8 Å². The van der Waals surface area contributed by atoms with E-state index in [0.717, 1.165) is 24.2 Å². The average Bonchev–Trinajstić information content (AvgIpc) is 3.02. The van der Waals surface area contributed by atoms with Crippen LogP contribution in [-0.4, -0.2) is 23.3 Å². The summed E-state index contributed by atoms with van der Waals surface area (Å²) in [6.07, 6.45) is 4.11. The Bertz CT molecular complexity index is 902. The van der Waals surface area contributed by atoms with E-state index in [2.05, 4.69) is 30.9 Å². The number of anilines is 1. The van der Waals surface area contributed by atoms with E-state index < -0.39 is 11.4 Å². The first-order chi connectivity index (χ1) is 12.9. The van der Waals surface area contributed by atoms with Gasteiger partial charge >= 0.3 is 0 Å². The number of nitrogens with zero attached hydrogens (tertiary/aromatic N) is 1. The van der Waals surface area contributed by atoms with Gasteiger partial charge in [-0.3, -0.25) is 0 Å². The van der Waals surface area contributed by atoms with Gasteiger partial charge in [-0.2, -0.15) is 0 Å². The fourth-order valence-corrected chi connectivity index (χ4v) is 4.92. The smallest absolute Gasteiger partial charge is 0.268 e. The first-order valence-electron chi connectivity index (χ1n) is 10.1. The number of fused-ring (bicyclic) bond motifs is 5. The highest BCUT2D eigenvalue weighted by Crippen LogP contribution is 2.58. The first kappa shape index (κ1) is 17.1. The second-order valence-corrected chi connectivity index (χ2v) is 8.58. The van der Waals surface area contributed by atoms with E-state index in [1.807, 2.05) is 24.3 Å². The monoisotopic (exact) mass is 365 g/mol. The summed E-state index contributed by atoms with van der Waals surface area (Å²) in [6.45, 7) is 6.39. The Labute approximate surface area is 160 Å². The van der Waals surface area contributed by atoms with Gasteiger partial charge in [0, 0.05) is 36.3 Å². The van der Waals surface area contributed by atoms with Crippen LogP contribution in [0.3, 0.4) is 0 Å². The summed E-state index contributed by atoms with van der Waals surface area (Å²) < 4.78 is 6.02. The maximum absolute atomic E-state index is 11.5. The SMILES string of the molecule is CC(C)c1ccc2c(c1)OC1(O)c3ccc(N4CCCCC4)cc3CC21O.